The maximum Gasteiger partial charge on any atom is 0.276 e. The average Bonchev–Trinajstić information content (AvgIpc) is 3.30. The third-order valence-electron chi connectivity index (χ3n) is 5.08. The van der Waals surface area contributed by atoms with Gasteiger partial charge >= 0.3 is 0 Å². The third-order valence-corrected chi connectivity index (χ3v) is 6.03. The van der Waals surface area contributed by atoms with Crippen LogP contribution in [0.15, 0.2) is 30.5 Å². The van der Waals surface area contributed by atoms with Crippen LogP contribution in [-0.2, 0) is 17.9 Å². The van der Waals surface area contributed by atoms with E-state index >= 15 is 0 Å². The van der Waals surface area contributed by atoms with E-state index in [1.54, 1.807) is 27.9 Å². The van der Waals surface area contributed by atoms with Crippen LogP contribution in [0.2, 0.25) is 0 Å². The fourth-order valence-electron chi connectivity index (χ4n) is 3.62. The molecule has 4 rings (SSSR count). The van der Waals surface area contributed by atoms with Gasteiger partial charge in [0.15, 0.2) is 5.69 Å². The first-order chi connectivity index (χ1) is 13.6. The van der Waals surface area contributed by atoms with Gasteiger partial charge in [-0.25, -0.2) is 4.39 Å². The van der Waals surface area contributed by atoms with Crippen LogP contribution in [0.3, 0.4) is 0 Å². The first-order valence-corrected chi connectivity index (χ1v) is 10.5. The number of rotatable bonds is 5. The average molecular weight is 403 g/mol. The molecule has 0 N–H and O–H groups in total. The summed E-state index contributed by atoms with van der Waals surface area (Å²) in [5, 5.41) is 8.11. The van der Waals surface area contributed by atoms with Gasteiger partial charge in [-0.05, 0) is 17.7 Å². The Bertz CT molecular complexity index is 850. The van der Waals surface area contributed by atoms with Gasteiger partial charge in [0, 0.05) is 56.6 Å². The Balaban J connectivity index is 1.33. The molecule has 28 heavy (non-hydrogen) atoms. The Hall–Kier alpha value is -2.42. The number of carbonyl (C=O) groups is 2. The van der Waals surface area contributed by atoms with Crippen LogP contribution in [0.4, 0.5) is 4.39 Å². The summed E-state index contributed by atoms with van der Waals surface area (Å²) in [6.45, 7) is 3.12. The molecular formula is C19H22FN5O2S. The Morgan fingerprint density at radius 1 is 1.21 bits per heavy atom. The number of benzene rings is 1. The zero-order valence-corrected chi connectivity index (χ0v) is 16.3. The molecule has 2 saturated heterocycles. The number of nitrogens with zero attached hydrogens (tertiary/aromatic N) is 5. The molecule has 2 fully saturated rings. The highest BCUT2D eigenvalue weighted by Gasteiger charge is 2.30. The standard InChI is InChI=1S/C19H22FN5O2S/c20-16-3-1-14(2-4-16)10-24-11-15(9-18(24)26)12-25-13-17(21-22-25)19(27)23-5-7-28-8-6-23/h1-4,13,15H,5-12H2. The molecule has 0 bridgehead atoms. The number of hydrogen-bond donors (Lipinski definition) is 0. The predicted octanol–water partition coefficient (Wildman–Crippen LogP) is 1.65. The van der Waals surface area contributed by atoms with E-state index in [0.717, 1.165) is 30.2 Å². The fourth-order valence-corrected chi connectivity index (χ4v) is 4.52. The topological polar surface area (TPSA) is 71.3 Å². The minimum atomic E-state index is -0.283. The highest BCUT2D eigenvalue weighted by atomic mass is 32.2. The number of amides is 2. The number of carbonyl (C=O) groups excluding carboxylic acids is 2. The van der Waals surface area contributed by atoms with Crippen molar-refractivity contribution in [1.29, 1.82) is 0 Å². The van der Waals surface area contributed by atoms with E-state index in [2.05, 4.69) is 10.3 Å². The van der Waals surface area contributed by atoms with Crippen molar-refractivity contribution in [2.45, 2.75) is 19.5 Å². The first kappa shape index (κ1) is 18.9. The number of thioether (sulfide) groups is 1. The molecule has 9 heteroatoms. The van der Waals surface area contributed by atoms with Gasteiger partial charge in [0.1, 0.15) is 5.82 Å². The molecule has 1 unspecified atom stereocenters. The third kappa shape index (κ3) is 4.35. The molecule has 2 aliphatic rings. The molecule has 3 heterocycles. The summed E-state index contributed by atoms with van der Waals surface area (Å²) in [6.07, 6.45) is 2.12. The molecule has 1 aromatic carbocycles. The molecule has 1 atom stereocenters. The van der Waals surface area contributed by atoms with E-state index in [0.29, 0.717) is 31.7 Å². The van der Waals surface area contributed by atoms with Crippen molar-refractivity contribution in [2.75, 3.05) is 31.1 Å². The molecule has 2 aliphatic heterocycles. The molecule has 2 aromatic rings. The van der Waals surface area contributed by atoms with E-state index in [4.69, 9.17) is 0 Å². The van der Waals surface area contributed by atoms with Crippen molar-refractivity contribution in [3.05, 3.63) is 47.5 Å². The fraction of sp³-hybridized carbons (Fsp3) is 0.474. The summed E-state index contributed by atoms with van der Waals surface area (Å²) in [6, 6.07) is 6.21. The zero-order chi connectivity index (χ0) is 19.5. The van der Waals surface area contributed by atoms with E-state index in [-0.39, 0.29) is 23.5 Å². The van der Waals surface area contributed by atoms with Crippen molar-refractivity contribution in [3.63, 3.8) is 0 Å². The molecule has 2 amide bonds. The van der Waals surface area contributed by atoms with Crippen molar-refractivity contribution < 1.29 is 14.0 Å². The predicted molar refractivity (Wildman–Crippen MR) is 103 cm³/mol. The van der Waals surface area contributed by atoms with Crippen LogP contribution in [0, 0.1) is 11.7 Å². The monoisotopic (exact) mass is 403 g/mol. The minimum Gasteiger partial charge on any atom is -0.338 e. The number of likely N-dealkylation sites (tertiary alicyclic amines) is 1. The summed E-state index contributed by atoms with van der Waals surface area (Å²) in [5.41, 5.74) is 1.27. The largest absolute Gasteiger partial charge is 0.338 e. The Labute approximate surface area is 166 Å². The summed E-state index contributed by atoms with van der Waals surface area (Å²) in [7, 11) is 0. The SMILES string of the molecule is O=C1CC(Cn2cc(C(=O)N3CCSCC3)nn2)CN1Cc1ccc(F)cc1. The second-order valence-corrected chi connectivity index (χ2v) is 8.43. The molecule has 7 nitrogen and oxygen atoms in total. The van der Waals surface area contributed by atoms with Crippen LogP contribution in [0.5, 0.6) is 0 Å². The first-order valence-electron chi connectivity index (χ1n) is 9.38. The van der Waals surface area contributed by atoms with Gasteiger partial charge in [-0.1, -0.05) is 17.3 Å². The maximum atomic E-state index is 13.0. The lowest BCUT2D eigenvalue weighted by Gasteiger charge is -2.25. The van der Waals surface area contributed by atoms with Crippen LogP contribution in [-0.4, -0.2) is 67.7 Å². The molecule has 0 saturated carbocycles. The molecule has 0 aliphatic carbocycles. The Morgan fingerprint density at radius 2 is 1.96 bits per heavy atom. The lowest BCUT2D eigenvalue weighted by atomic mass is 10.1. The molecular weight excluding hydrogens is 381 g/mol. The molecule has 0 radical (unpaired) electrons. The van der Waals surface area contributed by atoms with E-state index in [1.165, 1.54) is 12.1 Å². The van der Waals surface area contributed by atoms with Gasteiger partial charge in [0.2, 0.25) is 5.91 Å². The van der Waals surface area contributed by atoms with Crippen molar-refractivity contribution in [2.24, 2.45) is 5.92 Å². The van der Waals surface area contributed by atoms with Gasteiger partial charge in [0.05, 0.1) is 6.20 Å². The van der Waals surface area contributed by atoms with Crippen LogP contribution in [0.25, 0.3) is 0 Å². The van der Waals surface area contributed by atoms with Crippen LogP contribution >= 0.6 is 11.8 Å². The van der Waals surface area contributed by atoms with Crippen LogP contribution in [0.1, 0.15) is 22.5 Å². The second kappa shape index (κ2) is 8.30. The highest BCUT2D eigenvalue weighted by Crippen LogP contribution is 2.22. The highest BCUT2D eigenvalue weighted by molar-refractivity contribution is 7.99. The lowest BCUT2D eigenvalue weighted by Crippen LogP contribution is -2.38. The minimum absolute atomic E-state index is 0.0769. The quantitative estimate of drug-likeness (QED) is 0.759. The smallest absolute Gasteiger partial charge is 0.276 e. The molecule has 148 valence electrons. The van der Waals surface area contributed by atoms with E-state index in [9.17, 15) is 14.0 Å². The number of hydrogen-bond acceptors (Lipinski definition) is 5. The Morgan fingerprint density at radius 3 is 2.71 bits per heavy atom. The number of aromatic nitrogens is 3. The van der Waals surface area contributed by atoms with E-state index in [1.807, 2.05) is 16.7 Å². The zero-order valence-electron chi connectivity index (χ0n) is 15.5. The van der Waals surface area contributed by atoms with Crippen LogP contribution < -0.4 is 0 Å². The summed E-state index contributed by atoms with van der Waals surface area (Å²) < 4.78 is 14.7. The van der Waals surface area contributed by atoms with Gasteiger partial charge in [-0.2, -0.15) is 11.8 Å². The van der Waals surface area contributed by atoms with Crippen molar-refractivity contribution in [1.82, 2.24) is 24.8 Å². The second-order valence-electron chi connectivity index (χ2n) is 7.20. The molecule has 0 spiro atoms. The van der Waals surface area contributed by atoms with Crippen molar-refractivity contribution in [3.8, 4) is 0 Å². The summed E-state index contributed by atoms with van der Waals surface area (Å²) in [4.78, 5) is 28.4. The van der Waals surface area contributed by atoms with Gasteiger partial charge < -0.3 is 9.80 Å². The van der Waals surface area contributed by atoms with E-state index < -0.39 is 0 Å². The molecule has 1 aromatic heterocycles. The van der Waals surface area contributed by atoms with Crippen molar-refractivity contribution >= 4 is 23.6 Å². The maximum absolute atomic E-state index is 13.0. The van der Waals surface area contributed by atoms with Gasteiger partial charge in [-0.15, -0.1) is 5.10 Å². The number of halogens is 1. The normalized spacial score (nSPS) is 20.0. The summed E-state index contributed by atoms with van der Waals surface area (Å²) >= 11 is 1.85. The Kier molecular flexibility index (Phi) is 5.61. The van der Waals surface area contributed by atoms with Gasteiger partial charge in [-0.3, -0.25) is 14.3 Å². The lowest BCUT2D eigenvalue weighted by molar-refractivity contribution is -0.128. The van der Waals surface area contributed by atoms with Gasteiger partial charge in [0.25, 0.3) is 5.91 Å². The summed E-state index contributed by atoms with van der Waals surface area (Å²) in [5.74, 6) is 1.74.